The molecule has 0 aromatic heterocycles. The molecule has 1 aromatic carbocycles. The second kappa shape index (κ2) is 7.29. The number of carbonyl (C=O) groups is 1. The van der Waals surface area contributed by atoms with Gasteiger partial charge in [-0.05, 0) is 19.1 Å². The summed E-state index contributed by atoms with van der Waals surface area (Å²) in [6.07, 6.45) is 0.992. The van der Waals surface area contributed by atoms with Crippen LogP contribution in [0.3, 0.4) is 0 Å². The summed E-state index contributed by atoms with van der Waals surface area (Å²) in [6.45, 7) is 6.30. The van der Waals surface area contributed by atoms with E-state index in [4.69, 9.17) is 0 Å². The van der Waals surface area contributed by atoms with Crippen LogP contribution in [0.2, 0.25) is 0 Å². The van der Waals surface area contributed by atoms with Crippen molar-refractivity contribution in [2.24, 2.45) is 0 Å². The number of rotatable bonds is 7. The number of hydrogen-bond acceptors (Lipinski definition) is 2. The van der Waals surface area contributed by atoms with Crippen molar-refractivity contribution >= 4 is 11.6 Å². The van der Waals surface area contributed by atoms with Gasteiger partial charge in [0.05, 0.1) is 33.4 Å². The number of carbonyl (C=O) groups excluding carboxylic acids is 1. The van der Waals surface area contributed by atoms with E-state index in [1.54, 1.807) is 6.92 Å². The van der Waals surface area contributed by atoms with Gasteiger partial charge in [-0.25, -0.2) is 0 Å². The predicted molar refractivity (Wildman–Crippen MR) is 84.4 cm³/mol. The molecule has 0 radical (unpaired) electrons. The van der Waals surface area contributed by atoms with Gasteiger partial charge in [0.15, 0.2) is 0 Å². The molecule has 0 bridgehead atoms. The number of hydrazine groups is 1. The van der Waals surface area contributed by atoms with E-state index >= 15 is 0 Å². The highest BCUT2D eigenvalue weighted by Gasteiger charge is 2.18. The van der Waals surface area contributed by atoms with Crippen LogP contribution in [0.4, 0.5) is 5.69 Å². The average Bonchev–Trinajstić information content (AvgIpc) is 2.37. The molecule has 0 saturated heterocycles. The Kier molecular flexibility index (Phi) is 6.02. The first-order valence-corrected chi connectivity index (χ1v) is 7.26. The van der Waals surface area contributed by atoms with E-state index in [-0.39, 0.29) is 5.91 Å². The minimum absolute atomic E-state index is 0.0945. The zero-order valence-electron chi connectivity index (χ0n) is 13.5. The lowest BCUT2D eigenvalue weighted by Crippen LogP contribution is -2.47. The number of anilines is 1. The van der Waals surface area contributed by atoms with Gasteiger partial charge in [0, 0.05) is 26.4 Å². The molecular formula is C16H28N3O+. The second-order valence-corrected chi connectivity index (χ2v) is 6.06. The van der Waals surface area contributed by atoms with E-state index in [1.807, 2.05) is 35.3 Å². The van der Waals surface area contributed by atoms with Crippen LogP contribution in [0, 0.1) is 0 Å². The Bertz CT molecular complexity index is 411. The minimum atomic E-state index is 0.0945. The number of nitrogens with zero attached hydrogens (tertiary/aromatic N) is 3. The van der Waals surface area contributed by atoms with Gasteiger partial charge in [0.25, 0.3) is 0 Å². The van der Waals surface area contributed by atoms with Crippen molar-refractivity contribution in [1.82, 2.24) is 5.01 Å². The third kappa shape index (κ3) is 5.21. The molecule has 0 aliphatic rings. The van der Waals surface area contributed by atoms with Gasteiger partial charge in [0.2, 0.25) is 5.91 Å². The summed E-state index contributed by atoms with van der Waals surface area (Å²) in [7, 11) is 6.52. The van der Waals surface area contributed by atoms with Crippen LogP contribution in [0.5, 0.6) is 0 Å². The Balaban J connectivity index is 2.76. The Morgan fingerprint density at radius 1 is 1.15 bits per heavy atom. The highest BCUT2D eigenvalue weighted by atomic mass is 16.2. The smallest absolute Gasteiger partial charge is 0.237 e. The molecule has 0 fully saturated rings. The minimum Gasteiger partial charge on any atom is -0.331 e. The molecule has 0 saturated carbocycles. The molecule has 0 spiro atoms. The van der Waals surface area contributed by atoms with E-state index in [2.05, 4.69) is 33.1 Å². The summed E-state index contributed by atoms with van der Waals surface area (Å²) in [5.41, 5.74) is 1.07. The van der Waals surface area contributed by atoms with Crippen LogP contribution in [-0.4, -0.2) is 56.2 Å². The van der Waals surface area contributed by atoms with Crippen LogP contribution in [0.15, 0.2) is 30.3 Å². The van der Waals surface area contributed by atoms with Crippen molar-refractivity contribution in [2.45, 2.75) is 20.3 Å². The van der Waals surface area contributed by atoms with E-state index in [0.29, 0.717) is 0 Å². The lowest BCUT2D eigenvalue weighted by Gasteiger charge is -2.36. The van der Waals surface area contributed by atoms with Gasteiger partial charge in [-0.2, -0.15) is 0 Å². The first kappa shape index (κ1) is 16.5. The maximum absolute atomic E-state index is 12.0. The van der Waals surface area contributed by atoms with Crippen LogP contribution in [-0.2, 0) is 4.79 Å². The first-order valence-electron chi connectivity index (χ1n) is 7.26. The normalized spacial score (nSPS) is 11.2. The number of para-hydroxylation sites is 1. The standard InChI is InChI=1S/C16H28N3O/c1-6-17(16-11-8-7-9-12-16)18(15(2)20)13-10-14-19(3,4)5/h7-9,11-12H,6,10,13-14H2,1-5H3/q+1. The Labute approximate surface area is 123 Å². The molecule has 1 aromatic rings. The third-order valence-corrected chi connectivity index (χ3v) is 3.21. The van der Waals surface area contributed by atoms with Gasteiger partial charge >= 0.3 is 0 Å². The van der Waals surface area contributed by atoms with E-state index < -0.39 is 0 Å². The molecule has 0 N–H and O–H groups in total. The molecule has 0 atom stereocenters. The van der Waals surface area contributed by atoms with Crippen LogP contribution >= 0.6 is 0 Å². The number of hydrogen-bond donors (Lipinski definition) is 0. The number of quaternary nitrogens is 1. The molecule has 0 aliphatic heterocycles. The van der Waals surface area contributed by atoms with Gasteiger partial charge in [0.1, 0.15) is 0 Å². The maximum Gasteiger partial charge on any atom is 0.237 e. The largest absolute Gasteiger partial charge is 0.331 e. The van der Waals surface area contributed by atoms with Crippen molar-refractivity contribution in [3.05, 3.63) is 30.3 Å². The fourth-order valence-electron chi connectivity index (χ4n) is 2.24. The van der Waals surface area contributed by atoms with Crippen LogP contribution < -0.4 is 5.01 Å². The molecule has 0 unspecified atom stereocenters. The van der Waals surface area contributed by atoms with E-state index in [1.165, 1.54) is 0 Å². The fourth-order valence-corrected chi connectivity index (χ4v) is 2.24. The Hall–Kier alpha value is -1.55. The molecular weight excluding hydrogens is 250 g/mol. The molecule has 0 heterocycles. The quantitative estimate of drug-likeness (QED) is 0.565. The van der Waals surface area contributed by atoms with Crippen molar-refractivity contribution in [2.75, 3.05) is 45.8 Å². The topological polar surface area (TPSA) is 23.6 Å². The van der Waals surface area contributed by atoms with Crippen molar-refractivity contribution in [3.63, 3.8) is 0 Å². The predicted octanol–water partition coefficient (Wildman–Crippen LogP) is 2.37. The lowest BCUT2D eigenvalue weighted by molar-refractivity contribution is -0.870. The van der Waals surface area contributed by atoms with E-state index in [0.717, 1.165) is 36.2 Å². The third-order valence-electron chi connectivity index (χ3n) is 3.21. The lowest BCUT2D eigenvalue weighted by atomic mass is 10.3. The van der Waals surface area contributed by atoms with Gasteiger partial charge < -0.3 is 4.48 Å². The summed E-state index contributed by atoms with van der Waals surface area (Å²) in [4.78, 5) is 12.0. The highest BCUT2D eigenvalue weighted by Crippen LogP contribution is 2.16. The molecule has 4 heteroatoms. The Morgan fingerprint density at radius 3 is 2.20 bits per heavy atom. The summed E-state index contributed by atoms with van der Waals surface area (Å²) in [6, 6.07) is 10.1. The van der Waals surface area contributed by atoms with Gasteiger partial charge in [-0.3, -0.25) is 14.8 Å². The highest BCUT2D eigenvalue weighted by molar-refractivity contribution is 5.75. The van der Waals surface area contributed by atoms with Gasteiger partial charge in [-0.15, -0.1) is 0 Å². The van der Waals surface area contributed by atoms with Crippen molar-refractivity contribution < 1.29 is 9.28 Å². The molecule has 4 nitrogen and oxygen atoms in total. The molecule has 20 heavy (non-hydrogen) atoms. The van der Waals surface area contributed by atoms with Crippen molar-refractivity contribution in [3.8, 4) is 0 Å². The molecule has 1 amide bonds. The summed E-state index contributed by atoms with van der Waals surface area (Å²) in [5, 5.41) is 3.91. The first-order chi connectivity index (χ1) is 9.35. The zero-order valence-corrected chi connectivity index (χ0v) is 13.5. The SMILES string of the molecule is CCN(c1ccccc1)N(CCC[N+](C)(C)C)C(C)=O. The van der Waals surface area contributed by atoms with Crippen LogP contribution in [0.25, 0.3) is 0 Å². The molecule has 0 aliphatic carbocycles. The maximum atomic E-state index is 12.0. The summed E-state index contributed by atoms with van der Waals surface area (Å²) in [5.74, 6) is 0.0945. The monoisotopic (exact) mass is 278 g/mol. The fraction of sp³-hybridized carbons (Fsp3) is 0.562. The Morgan fingerprint density at radius 2 is 1.75 bits per heavy atom. The van der Waals surface area contributed by atoms with Gasteiger partial charge in [-0.1, -0.05) is 18.2 Å². The van der Waals surface area contributed by atoms with Crippen LogP contribution in [0.1, 0.15) is 20.3 Å². The van der Waals surface area contributed by atoms with E-state index in [9.17, 15) is 4.79 Å². The second-order valence-electron chi connectivity index (χ2n) is 6.06. The molecule has 112 valence electrons. The number of benzene rings is 1. The average molecular weight is 278 g/mol. The zero-order chi connectivity index (χ0) is 15.2. The molecule has 1 rings (SSSR count). The summed E-state index contributed by atoms with van der Waals surface area (Å²) < 4.78 is 0.920. The summed E-state index contributed by atoms with van der Waals surface area (Å²) >= 11 is 0. The number of amides is 1. The van der Waals surface area contributed by atoms with Crippen molar-refractivity contribution in [1.29, 1.82) is 0 Å².